The van der Waals surface area contributed by atoms with Crippen molar-refractivity contribution in [3.8, 4) is 0 Å². The summed E-state index contributed by atoms with van der Waals surface area (Å²) in [5, 5.41) is 2.85. The van der Waals surface area contributed by atoms with Gasteiger partial charge in [-0.3, -0.25) is 4.79 Å². The summed E-state index contributed by atoms with van der Waals surface area (Å²) >= 11 is 1.58. The van der Waals surface area contributed by atoms with Crippen LogP contribution in [0.1, 0.15) is 55.9 Å². The topological polar surface area (TPSA) is 33.2 Å². The van der Waals surface area contributed by atoms with Gasteiger partial charge in [-0.05, 0) is 12.8 Å². The summed E-state index contributed by atoms with van der Waals surface area (Å²) in [5.74, 6) is 0.0572. The van der Waals surface area contributed by atoms with Gasteiger partial charge in [-0.1, -0.05) is 25.7 Å². The molecule has 0 aromatic carbocycles. The fourth-order valence-electron chi connectivity index (χ4n) is 2.39. The molecule has 3 nitrogen and oxygen atoms in total. The number of thiazole rings is 1. The van der Waals surface area contributed by atoms with Gasteiger partial charge in [0.1, 0.15) is 5.69 Å². The van der Waals surface area contributed by atoms with Crippen molar-refractivity contribution in [1.82, 2.24) is 4.98 Å². The van der Waals surface area contributed by atoms with Crippen LogP contribution in [0.25, 0.3) is 0 Å². The number of carbonyl (C=O) groups excluding carboxylic acids is 1. The Labute approximate surface area is 107 Å². The van der Waals surface area contributed by atoms with E-state index in [1.165, 1.54) is 38.5 Å². The first kappa shape index (κ1) is 12.6. The highest BCUT2D eigenvalue weighted by Crippen LogP contribution is 2.27. The molecule has 0 atom stereocenters. The van der Waals surface area contributed by atoms with Crippen LogP contribution in [0.2, 0.25) is 0 Å². The molecule has 1 heterocycles. The van der Waals surface area contributed by atoms with Gasteiger partial charge in [0.15, 0.2) is 10.9 Å². The van der Waals surface area contributed by atoms with Crippen LogP contribution in [-0.2, 0) is 0 Å². The van der Waals surface area contributed by atoms with Gasteiger partial charge >= 0.3 is 0 Å². The highest BCUT2D eigenvalue weighted by Gasteiger charge is 2.19. The smallest absolute Gasteiger partial charge is 0.185 e. The number of Topliss-reactive ketones (excluding diaryl/α,β-unsaturated/α-hetero) is 1. The lowest BCUT2D eigenvalue weighted by Crippen LogP contribution is -2.30. The minimum absolute atomic E-state index is 0.0572. The number of hydrogen-bond acceptors (Lipinski definition) is 4. The van der Waals surface area contributed by atoms with Crippen molar-refractivity contribution < 1.29 is 4.79 Å². The van der Waals surface area contributed by atoms with Crippen LogP contribution in [0.15, 0.2) is 5.38 Å². The van der Waals surface area contributed by atoms with Crippen molar-refractivity contribution in [3.05, 3.63) is 11.1 Å². The third kappa shape index (κ3) is 3.06. The zero-order chi connectivity index (χ0) is 12.3. The maximum absolute atomic E-state index is 11.2. The van der Waals surface area contributed by atoms with Crippen molar-refractivity contribution >= 4 is 22.3 Å². The fraction of sp³-hybridized carbons (Fsp3) is 0.692. The average molecular weight is 252 g/mol. The molecule has 0 amide bonds. The number of rotatable bonds is 3. The van der Waals surface area contributed by atoms with Gasteiger partial charge in [-0.25, -0.2) is 4.98 Å². The van der Waals surface area contributed by atoms with Crippen LogP contribution >= 0.6 is 11.3 Å². The predicted octanol–water partition coefficient (Wildman–Crippen LogP) is 3.50. The molecular weight excluding hydrogens is 232 g/mol. The number of nitrogens with zero attached hydrogens (tertiary/aromatic N) is 2. The lowest BCUT2D eigenvalue weighted by atomic mass is 10.1. The quantitative estimate of drug-likeness (QED) is 0.609. The third-order valence-electron chi connectivity index (χ3n) is 3.53. The van der Waals surface area contributed by atoms with Crippen LogP contribution in [0, 0.1) is 0 Å². The summed E-state index contributed by atoms with van der Waals surface area (Å²) in [6.07, 6.45) is 7.87. The van der Waals surface area contributed by atoms with Crippen LogP contribution in [0.3, 0.4) is 0 Å². The molecule has 1 aliphatic carbocycles. The van der Waals surface area contributed by atoms with E-state index in [4.69, 9.17) is 0 Å². The van der Waals surface area contributed by atoms with Gasteiger partial charge in [0.05, 0.1) is 0 Å². The second-order valence-corrected chi connectivity index (χ2v) is 5.66. The largest absolute Gasteiger partial charge is 0.348 e. The van der Waals surface area contributed by atoms with E-state index in [1.54, 1.807) is 18.3 Å². The van der Waals surface area contributed by atoms with Crippen molar-refractivity contribution in [3.63, 3.8) is 0 Å². The number of aromatic nitrogens is 1. The van der Waals surface area contributed by atoms with Crippen molar-refractivity contribution in [2.45, 2.75) is 51.5 Å². The van der Waals surface area contributed by atoms with Crippen molar-refractivity contribution in [2.24, 2.45) is 0 Å². The van der Waals surface area contributed by atoms with Crippen molar-refractivity contribution in [2.75, 3.05) is 11.9 Å². The summed E-state index contributed by atoms with van der Waals surface area (Å²) in [4.78, 5) is 17.9. The minimum atomic E-state index is 0.0572. The van der Waals surface area contributed by atoms with Gasteiger partial charge in [-0.2, -0.15) is 0 Å². The Hall–Kier alpha value is -0.900. The summed E-state index contributed by atoms with van der Waals surface area (Å²) in [6, 6.07) is 0.600. The van der Waals surface area contributed by atoms with E-state index in [2.05, 4.69) is 16.9 Å². The van der Waals surface area contributed by atoms with Gasteiger partial charge < -0.3 is 4.90 Å². The molecule has 1 saturated carbocycles. The lowest BCUT2D eigenvalue weighted by Gasteiger charge is -2.26. The van der Waals surface area contributed by atoms with Crippen LogP contribution < -0.4 is 4.90 Å². The third-order valence-corrected chi connectivity index (χ3v) is 4.46. The van der Waals surface area contributed by atoms with E-state index in [-0.39, 0.29) is 5.78 Å². The van der Waals surface area contributed by atoms with E-state index < -0.39 is 0 Å². The Bertz CT molecular complexity index is 381. The van der Waals surface area contributed by atoms with Gasteiger partial charge in [0.2, 0.25) is 0 Å². The number of hydrogen-bond donors (Lipinski definition) is 0. The minimum Gasteiger partial charge on any atom is -0.348 e. The second-order valence-electron chi connectivity index (χ2n) is 4.83. The number of carbonyl (C=O) groups is 1. The van der Waals surface area contributed by atoms with Gasteiger partial charge in [-0.15, -0.1) is 11.3 Å². The molecule has 0 radical (unpaired) electrons. The standard InChI is InChI=1S/C13H20N2OS/c1-10(16)12-9-17-13(14-12)15(2)11-7-5-3-4-6-8-11/h9,11H,3-8H2,1-2H3. The molecule has 0 saturated heterocycles. The van der Waals surface area contributed by atoms with Crippen LogP contribution in [-0.4, -0.2) is 23.9 Å². The molecule has 0 aliphatic heterocycles. The molecule has 0 N–H and O–H groups in total. The molecule has 17 heavy (non-hydrogen) atoms. The van der Waals surface area contributed by atoms with E-state index in [0.29, 0.717) is 11.7 Å². The molecule has 1 aromatic heterocycles. The first-order chi connectivity index (χ1) is 8.18. The summed E-state index contributed by atoms with van der Waals surface area (Å²) in [7, 11) is 2.11. The Morgan fingerprint density at radius 1 is 1.35 bits per heavy atom. The molecular formula is C13H20N2OS. The number of ketones is 1. The van der Waals surface area contributed by atoms with E-state index >= 15 is 0 Å². The normalized spacial score (nSPS) is 17.8. The van der Waals surface area contributed by atoms with Crippen LogP contribution in [0.5, 0.6) is 0 Å². The summed E-state index contributed by atoms with van der Waals surface area (Å²) < 4.78 is 0. The van der Waals surface area contributed by atoms with Gasteiger partial charge in [0, 0.05) is 25.4 Å². The molecule has 94 valence electrons. The molecule has 2 rings (SSSR count). The predicted molar refractivity (Wildman–Crippen MR) is 72.0 cm³/mol. The Kier molecular flexibility index (Phi) is 4.15. The highest BCUT2D eigenvalue weighted by molar-refractivity contribution is 7.13. The Balaban J connectivity index is 2.06. The first-order valence-corrected chi connectivity index (χ1v) is 7.26. The molecule has 0 spiro atoms. The highest BCUT2D eigenvalue weighted by atomic mass is 32.1. The maximum Gasteiger partial charge on any atom is 0.185 e. The van der Waals surface area contributed by atoms with E-state index in [9.17, 15) is 4.79 Å². The average Bonchev–Trinajstić information content (AvgIpc) is 2.65. The number of anilines is 1. The molecule has 0 bridgehead atoms. The first-order valence-electron chi connectivity index (χ1n) is 6.38. The second kappa shape index (κ2) is 5.63. The zero-order valence-corrected chi connectivity index (χ0v) is 11.4. The van der Waals surface area contributed by atoms with E-state index in [1.807, 2.05) is 5.38 Å². The maximum atomic E-state index is 11.2. The molecule has 1 fully saturated rings. The SMILES string of the molecule is CC(=O)c1csc(N(C)C2CCCCCC2)n1. The zero-order valence-electron chi connectivity index (χ0n) is 10.6. The Morgan fingerprint density at radius 3 is 2.53 bits per heavy atom. The monoisotopic (exact) mass is 252 g/mol. The van der Waals surface area contributed by atoms with Crippen molar-refractivity contribution in [1.29, 1.82) is 0 Å². The fourth-order valence-corrected chi connectivity index (χ4v) is 3.29. The molecule has 4 heteroatoms. The molecule has 1 aromatic rings. The Morgan fingerprint density at radius 2 is 2.00 bits per heavy atom. The van der Waals surface area contributed by atoms with E-state index in [0.717, 1.165) is 5.13 Å². The lowest BCUT2D eigenvalue weighted by molar-refractivity contribution is 0.101. The van der Waals surface area contributed by atoms with Crippen LogP contribution in [0.4, 0.5) is 5.13 Å². The summed E-state index contributed by atoms with van der Waals surface area (Å²) in [5.41, 5.74) is 0.602. The molecule has 1 aliphatic rings. The molecule has 0 unspecified atom stereocenters. The van der Waals surface area contributed by atoms with Gasteiger partial charge in [0.25, 0.3) is 0 Å². The summed E-state index contributed by atoms with van der Waals surface area (Å²) in [6.45, 7) is 1.57.